The van der Waals surface area contributed by atoms with E-state index in [4.69, 9.17) is 14.2 Å². The molecule has 1 amide bonds. The molecular formula is C21H27NO6. The summed E-state index contributed by atoms with van der Waals surface area (Å²) in [6, 6.07) is 14.5. The lowest BCUT2D eigenvalue weighted by Gasteiger charge is -2.16. The van der Waals surface area contributed by atoms with Crippen molar-refractivity contribution < 1.29 is 28.9 Å². The molecule has 0 fully saturated rings. The molecule has 2 N–H and O–H groups in total. The molecule has 0 aliphatic carbocycles. The summed E-state index contributed by atoms with van der Waals surface area (Å²) in [6.07, 6.45) is -0.989. The van der Waals surface area contributed by atoms with Gasteiger partial charge in [0.1, 0.15) is 30.3 Å². The van der Waals surface area contributed by atoms with E-state index in [1.54, 1.807) is 25.3 Å². The first kappa shape index (κ1) is 21.7. The lowest BCUT2D eigenvalue weighted by Crippen LogP contribution is -2.37. The number of rotatable bonds is 11. The Hall–Kier alpha value is -2.61. The van der Waals surface area contributed by atoms with Crippen molar-refractivity contribution in [3.05, 3.63) is 59.7 Å². The van der Waals surface area contributed by atoms with Gasteiger partial charge in [-0.25, -0.2) is 5.48 Å². The van der Waals surface area contributed by atoms with Crippen LogP contribution in [0, 0.1) is 0 Å². The van der Waals surface area contributed by atoms with Gasteiger partial charge >= 0.3 is 0 Å². The van der Waals surface area contributed by atoms with Gasteiger partial charge in [-0.3, -0.25) is 9.63 Å². The van der Waals surface area contributed by atoms with E-state index in [2.05, 4.69) is 10.3 Å². The second-order valence-electron chi connectivity index (χ2n) is 6.07. The van der Waals surface area contributed by atoms with E-state index in [-0.39, 0.29) is 12.5 Å². The summed E-state index contributed by atoms with van der Waals surface area (Å²) < 4.78 is 16.3. The smallest absolute Gasteiger partial charge is 0.272 e. The molecule has 0 bridgehead atoms. The van der Waals surface area contributed by atoms with Crippen LogP contribution in [-0.2, 0) is 20.8 Å². The van der Waals surface area contributed by atoms with Gasteiger partial charge in [0.25, 0.3) is 5.91 Å². The molecule has 7 heteroatoms. The standard InChI is InChI=1S/C21H27NO6/c1-4-27-20(21(24)22-26-3)12-15-8-10-17(11-9-15)28-14-19(23)16-6-5-7-18(13-16)25-2/h5-11,13,19-20,23H,4,12,14H2,1-3H3,(H,22,24)/t19-,20-/m1/s1. The molecule has 28 heavy (non-hydrogen) atoms. The fourth-order valence-electron chi connectivity index (χ4n) is 2.65. The zero-order valence-corrected chi connectivity index (χ0v) is 16.4. The van der Waals surface area contributed by atoms with Gasteiger partial charge in [-0.2, -0.15) is 0 Å². The minimum absolute atomic E-state index is 0.115. The second kappa shape index (κ2) is 11.3. The number of ether oxygens (including phenoxy) is 3. The van der Waals surface area contributed by atoms with E-state index in [0.29, 0.717) is 24.5 Å². The second-order valence-corrected chi connectivity index (χ2v) is 6.07. The van der Waals surface area contributed by atoms with Gasteiger partial charge in [-0.15, -0.1) is 0 Å². The van der Waals surface area contributed by atoms with Crippen molar-refractivity contribution in [2.45, 2.75) is 25.6 Å². The van der Waals surface area contributed by atoms with Crippen LogP contribution >= 0.6 is 0 Å². The Kier molecular flexibility index (Phi) is 8.74. The van der Waals surface area contributed by atoms with Crippen molar-refractivity contribution in [3.8, 4) is 11.5 Å². The molecule has 7 nitrogen and oxygen atoms in total. The Balaban J connectivity index is 1.91. The van der Waals surface area contributed by atoms with Crippen LogP contribution in [0.15, 0.2) is 48.5 Å². The number of amides is 1. The Morgan fingerprint density at radius 3 is 2.50 bits per heavy atom. The zero-order valence-electron chi connectivity index (χ0n) is 16.4. The summed E-state index contributed by atoms with van der Waals surface area (Å²) in [4.78, 5) is 16.6. The van der Waals surface area contributed by atoms with E-state index in [0.717, 1.165) is 11.1 Å². The normalized spacial score (nSPS) is 12.9. The fourth-order valence-corrected chi connectivity index (χ4v) is 2.65. The minimum atomic E-state index is -0.769. The first-order valence-electron chi connectivity index (χ1n) is 9.05. The Morgan fingerprint density at radius 1 is 1.11 bits per heavy atom. The average Bonchev–Trinajstić information content (AvgIpc) is 2.72. The molecule has 2 aromatic rings. The molecule has 0 heterocycles. The number of benzene rings is 2. The van der Waals surface area contributed by atoms with E-state index < -0.39 is 12.2 Å². The summed E-state index contributed by atoms with van der Waals surface area (Å²) in [6.45, 7) is 2.37. The lowest BCUT2D eigenvalue weighted by atomic mass is 10.1. The van der Waals surface area contributed by atoms with E-state index >= 15 is 0 Å². The van der Waals surface area contributed by atoms with Crippen LogP contribution in [0.1, 0.15) is 24.2 Å². The third kappa shape index (κ3) is 6.53. The van der Waals surface area contributed by atoms with Gasteiger partial charge in [0, 0.05) is 13.0 Å². The lowest BCUT2D eigenvalue weighted by molar-refractivity contribution is -0.143. The quantitative estimate of drug-likeness (QED) is 0.574. The fraction of sp³-hybridized carbons (Fsp3) is 0.381. The first-order valence-corrected chi connectivity index (χ1v) is 9.05. The summed E-state index contributed by atoms with van der Waals surface area (Å²) in [5, 5.41) is 10.3. The Labute approximate surface area is 165 Å². The van der Waals surface area contributed by atoms with E-state index in [1.807, 2.05) is 37.3 Å². The number of carbonyl (C=O) groups excluding carboxylic acids is 1. The maximum atomic E-state index is 11.9. The van der Waals surface area contributed by atoms with Crippen LogP contribution < -0.4 is 15.0 Å². The van der Waals surface area contributed by atoms with Crippen molar-refractivity contribution in [1.29, 1.82) is 0 Å². The van der Waals surface area contributed by atoms with Crippen molar-refractivity contribution in [2.75, 3.05) is 27.4 Å². The predicted molar refractivity (Wildman–Crippen MR) is 104 cm³/mol. The van der Waals surface area contributed by atoms with E-state index in [9.17, 15) is 9.90 Å². The molecule has 2 atom stereocenters. The maximum Gasteiger partial charge on any atom is 0.272 e. The maximum absolute atomic E-state index is 11.9. The molecule has 0 saturated heterocycles. The Bertz CT molecular complexity index is 734. The Morgan fingerprint density at radius 2 is 1.86 bits per heavy atom. The monoisotopic (exact) mass is 389 g/mol. The van der Waals surface area contributed by atoms with Crippen LogP contribution in [0.3, 0.4) is 0 Å². The highest BCUT2D eigenvalue weighted by Gasteiger charge is 2.19. The first-order chi connectivity index (χ1) is 13.6. The van der Waals surface area contributed by atoms with Gasteiger partial charge in [-0.05, 0) is 42.3 Å². The molecule has 0 aromatic heterocycles. The van der Waals surface area contributed by atoms with Crippen LogP contribution in [-0.4, -0.2) is 44.6 Å². The molecular weight excluding hydrogens is 362 g/mol. The van der Waals surface area contributed by atoms with Crippen LogP contribution in [0.2, 0.25) is 0 Å². The number of hydrogen-bond acceptors (Lipinski definition) is 6. The van der Waals surface area contributed by atoms with Gasteiger partial charge in [0.15, 0.2) is 0 Å². The van der Waals surface area contributed by atoms with Crippen LogP contribution in [0.4, 0.5) is 0 Å². The van der Waals surface area contributed by atoms with Gasteiger partial charge in [0.2, 0.25) is 0 Å². The number of methoxy groups -OCH3 is 1. The zero-order chi connectivity index (χ0) is 20.4. The van der Waals surface area contributed by atoms with Gasteiger partial charge in [0.05, 0.1) is 14.2 Å². The number of nitrogens with one attached hydrogen (secondary N) is 1. The van der Waals surface area contributed by atoms with Crippen molar-refractivity contribution in [2.24, 2.45) is 0 Å². The number of carbonyl (C=O) groups is 1. The van der Waals surface area contributed by atoms with Crippen molar-refractivity contribution in [1.82, 2.24) is 5.48 Å². The average molecular weight is 389 g/mol. The minimum Gasteiger partial charge on any atom is -0.497 e. The summed E-state index contributed by atoms with van der Waals surface area (Å²) in [5.41, 5.74) is 3.94. The highest BCUT2D eigenvalue weighted by atomic mass is 16.6. The molecule has 0 saturated carbocycles. The van der Waals surface area contributed by atoms with E-state index in [1.165, 1.54) is 7.11 Å². The van der Waals surface area contributed by atoms with Gasteiger partial charge < -0.3 is 19.3 Å². The van der Waals surface area contributed by atoms with Crippen LogP contribution in [0.5, 0.6) is 11.5 Å². The summed E-state index contributed by atoms with van der Waals surface area (Å²) in [7, 11) is 2.96. The summed E-state index contributed by atoms with van der Waals surface area (Å²) in [5.74, 6) is 0.980. The third-order valence-corrected chi connectivity index (χ3v) is 4.09. The van der Waals surface area contributed by atoms with Crippen LogP contribution in [0.25, 0.3) is 0 Å². The topological polar surface area (TPSA) is 86.3 Å². The molecule has 2 rings (SSSR count). The number of aliphatic hydroxyl groups excluding tert-OH is 1. The molecule has 0 aliphatic rings. The summed E-state index contributed by atoms with van der Waals surface area (Å²) >= 11 is 0. The highest BCUT2D eigenvalue weighted by Crippen LogP contribution is 2.21. The van der Waals surface area contributed by atoms with Crippen molar-refractivity contribution >= 4 is 5.91 Å². The largest absolute Gasteiger partial charge is 0.497 e. The van der Waals surface area contributed by atoms with Crippen molar-refractivity contribution in [3.63, 3.8) is 0 Å². The predicted octanol–water partition coefficient (Wildman–Crippen LogP) is 2.43. The number of aliphatic hydroxyl groups is 1. The number of hydroxylamine groups is 1. The molecule has 2 aromatic carbocycles. The number of hydrogen-bond donors (Lipinski definition) is 2. The molecule has 0 radical (unpaired) electrons. The molecule has 0 aliphatic heterocycles. The molecule has 0 unspecified atom stereocenters. The van der Waals surface area contributed by atoms with Gasteiger partial charge in [-0.1, -0.05) is 24.3 Å². The molecule has 152 valence electrons. The third-order valence-electron chi connectivity index (χ3n) is 4.09. The SMILES string of the molecule is CCO[C@H](Cc1ccc(OC[C@@H](O)c2cccc(OC)c2)cc1)C(=O)NOC. The highest BCUT2D eigenvalue weighted by molar-refractivity contribution is 5.80. The molecule has 0 spiro atoms.